The lowest BCUT2D eigenvalue weighted by Crippen LogP contribution is -2.41. The first kappa shape index (κ1) is 25.3. The standard InChI is InChI=1S/C8H18N.3CHF3/c1-3-6-9(2)7-4-5-8-9;3*2-1(3)4/h3-8H2,1-2H3;3*1H/q+1;;;. The lowest BCUT2D eigenvalue weighted by atomic mass is 10.4. The molecule has 1 aliphatic heterocycles. The van der Waals surface area contributed by atoms with Gasteiger partial charge in [-0.25, -0.2) is 0 Å². The molecule has 132 valence electrons. The molecule has 1 saturated heterocycles. The minimum absolute atomic E-state index is 1.34. The Hall–Kier alpha value is -0.670. The smallest absolute Gasteiger partial charge is 0.326 e. The zero-order valence-electron chi connectivity index (χ0n) is 11.8. The van der Waals surface area contributed by atoms with Crippen molar-refractivity contribution in [3.63, 3.8) is 0 Å². The molecule has 1 fully saturated rings. The van der Waals surface area contributed by atoms with Crippen LogP contribution in [0, 0.1) is 0 Å². The Morgan fingerprint density at radius 3 is 1.14 bits per heavy atom. The number of hydrogen-bond donors (Lipinski definition) is 0. The Morgan fingerprint density at radius 2 is 0.952 bits per heavy atom. The van der Waals surface area contributed by atoms with Gasteiger partial charge in [-0.2, -0.15) is 39.5 Å². The summed E-state index contributed by atoms with van der Waals surface area (Å²) in [4.78, 5) is 0. The highest BCUT2D eigenvalue weighted by Gasteiger charge is 2.24. The van der Waals surface area contributed by atoms with Crippen LogP contribution in [-0.2, 0) is 0 Å². The van der Waals surface area contributed by atoms with Crippen molar-refractivity contribution in [3.05, 3.63) is 0 Å². The van der Waals surface area contributed by atoms with Gasteiger partial charge in [0.2, 0.25) is 0 Å². The van der Waals surface area contributed by atoms with Crippen molar-refractivity contribution in [1.82, 2.24) is 0 Å². The van der Waals surface area contributed by atoms with Crippen molar-refractivity contribution in [2.24, 2.45) is 0 Å². The predicted molar refractivity (Wildman–Crippen MR) is 61.6 cm³/mol. The van der Waals surface area contributed by atoms with Crippen LogP contribution in [0.1, 0.15) is 26.2 Å². The van der Waals surface area contributed by atoms with Crippen LogP contribution in [0.5, 0.6) is 0 Å². The number of likely N-dealkylation sites (tertiary alicyclic amines) is 1. The van der Waals surface area contributed by atoms with Gasteiger partial charge in [-0.15, -0.1) is 0 Å². The van der Waals surface area contributed by atoms with Crippen LogP contribution < -0.4 is 0 Å². The van der Waals surface area contributed by atoms with Gasteiger partial charge >= 0.3 is 20.0 Å². The summed E-state index contributed by atoms with van der Waals surface area (Å²) in [5, 5.41) is 0. The molecule has 0 amide bonds. The van der Waals surface area contributed by atoms with Gasteiger partial charge in [0.1, 0.15) is 0 Å². The number of hydrogen-bond acceptors (Lipinski definition) is 0. The number of quaternary nitrogens is 1. The third kappa shape index (κ3) is 38.2. The van der Waals surface area contributed by atoms with Crippen LogP contribution in [0.25, 0.3) is 0 Å². The van der Waals surface area contributed by atoms with Crippen LogP contribution in [-0.4, -0.2) is 51.2 Å². The topological polar surface area (TPSA) is 0 Å². The second kappa shape index (κ2) is 15.7. The minimum atomic E-state index is -3.67. The predicted octanol–water partition coefficient (Wildman–Crippen LogP) is 5.17. The van der Waals surface area contributed by atoms with Crippen molar-refractivity contribution in [2.45, 2.75) is 46.2 Å². The molecule has 1 rings (SSSR count). The van der Waals surface area contributed by atoms with E-state index >= 15 is 0 Å². The quantitative estimate of drug-likeness (QED) is 0.481. The molecule has 0 spiro atoms. The van der Waals surface area contributed by atoms with Gasteiger partial charge < -0.3 is 4.48 Å². The van der Waals surface area contributed by atoms with E-state index in [0.29, 0.717) is 0 Å². The van der Waals surface area contributed by atoms with Crippen molar-refractivity contribution >= 4 is 0 Å². The summed E-state index contributed by atoms with van der Waals surface area (Å²) in [6, 6.07) is 0. The molecule has 0 aromatic rings. The summed E-state index contributed by atoms with van der Waals surface area (Å²) in [6.45, 7) is -4.48. The monoisotopic (exact) mass is 338 g/mol. The van der Waals surface area contributed by atoms with E-state index in [0.717, 1.165) is 0 Å². The zero-order chi connectivity index (χ0) is 17.5. The molecule has 1 heterocycles. The molecule has 0 radical (unpaired) electrons. The van der Waals surface area contributed by atoms with Crippen LogP contribution in [0.3, 0.4) is 0 Å². The van der Waals surface area contributed by atoms with Gasteiger partial charge in [-0.3, -0.25) is 0 Å². The third-order valence-electron chi connectivity index (χ3n) is 2.41. The highest BCUT2D eigenvalue weighted by molar-refractivity contribution is 4.50. The largest absolute Gasteiger partial charge is 0.379 e. The molecule has 1 aliphatic rings. The number of nitrogens with zero attached hydrogens (tertiary/aromatic N) is 1. The summed E-state index contributed by atoms with van der Waals surface area (Å²) in [6.07, 6.45) is 4.25. The van der Waals surface area contributed by atoms with Gasteiger partial charge in [0, 0.05) is 12.8 Å². The van der Waals surface area contributed by atoms with E-state index in [1.807, 2.05) is 0 Å². The Labute approximate surface area is 118 Å². The molecule has 0 bridgehead atoms. The first-order valence-corrected chi connectivity index (χ1v) is 6.07. The summed E-state index contributed by atoms with van der Waals surface area (Å²) in [7, 11) is 2.39. The molecule has 0 atom stereocenters. The molecule has 10 heteroatoms. The van der Waals surface area contributed by atoms with E-state index in [2.05, 4.69) is 14.0 Å². The molecule has 0 N–H and O–H groups in total. The fourth-order valence-electron chi connectivity index (χ4n) is 1.86. The maximum atomic E-state index is 9.67. The van der Waals surface area contributed by atoms with E-state index in [1.165, 1.54) is 43.4 Å². The SMILES string of the molecule is CCC[N+]1(C)CCCC1.FC(F)F.FC(F)F.FC(F)F. The van der Waals surface area contributed by atoms with Gasteiger partial charge in [-0.05, 0) is 6.42 Å². The average Bonchev–Trinajstić information content (AvgIpc) is 2.62. The van der Waals surface area contributed by atoms with Crippen LogP contribution in [0.4, 0.5) is 39.5 Å². The highest BCUT2D eigenvalue weighted by atomic mass is 19.4. The fraction of sp³-hybridized carbons (Fsp3) is 1.00. The maximum absolute atomic E-state index is 9.67. The summed E-state index contributed by atoms with van der Waals surface area (Å²) in [5.74, 6) is 0. The molecule has 0 unspecified atom stereocenters. The van der Waals surface area contributed by atoms with Crippen molar-refractivity contribution in [3.8, 4) is 0 Å². The van der Waals surface area contributed by atoms with Crippen LogP contribution in [0.2, 0.25) is 0 Å². The fourth-order valence-corrected chi connectivity index (χ4v) is 1.86. The van der Waals surface area contributed by atoms with Gasteiger partial charge in [0.25, 0.3) is 0 Å². The Morgan fingerprint density at radius 1 is 0.714 bits per heavy atom. The molecular weight excluding hydrogens is 317 g/mol. The van der Waals surface area contributed by atoms with E-state index < -0.39 is 20.0 Å². The lowest BCUT2D eigenvalue weighted by Gasteiger charge is -2.28. The number of halogens is 9. The normalized spacial score (nSPS) is 15.7. The average molecular weight is 338 g/mol. The third-order valence-corrected chi connectivity index (χ3v) is 2.41. The first-order valence-electron chi connectivity index (χ1n) is 6.07. The summed E-state index contributed by atoms with van der Waals surface area (Å²) < 4.78 is 88.3. The Kier molecular flexibility index (Phi) is 18.9. The molecule has 0 aromatic heterocycles. The van der Waals surface area contributed by atoms with E-state index in [1.54, 1.807) is 0 Å². The van der Waals surface area contributed by atoms with Crippen molar-refractivity contribution in [2.75, 3.05) is 26.7 Å². The first-order chi connectivity index (χ1) is 9.46. The molecule has 21 heavy (non-hydrogen) atoms. The second-order valence-electron chi connectivity index (χ2n) is 4.24. The Bertz CT molecular complexity index is 174. The molecule has 0 aromatic carbocycles. The van der Waals surface area contributed by atoms with Gasteiger partial charge in [0.05, 0.1) is 26.7 Å². The zero-order valence-corrected chi connectivity index (χ0v) is 11.8. The van der Waals surface area contributed by atoms with Crippen LogP contribution >= 0.6 is 0 Å². The second-order valence-corrected chi connectivity index (χ2v) is 4.24. The van der Waals surface area contributed by atoms with E-state index in [9.17, 15) is 39.5 Å². The summed E-state index contributed by atoms with van der Waals surface area (Å²) in [5.41, 5.74) is 0. The van der Waals surface area contributed by atoms with E-state index in [4.69, 9.17) is 0 Å². The highest BCUT2D eigenvalue weighted by Crippen LogP contribution is 2.15. The molecule has 0 aliphatic carbocycles. The van der Waals surface area contributed by atoms with Gasteiger partial charge in [0.15, 0.2) is 0 Å². The number of alkyl halides is 9. The number of rotatable bonds is 2. The summed E-state index contributed by atoms with van der Waals surface area (Å²) >= 11 is 0. The molecular formula is C11H21F9N+. The van der Waals surface area contributed by atoms with Crippen molar-refractivity contribution < 1.29 is 44.0 Å². The van der Waals surface area contributed by atoms with Crippen LogP contribution in [0.15, 0.2) is 0 Å². The van der Waals surface area contributed by atoms with E-state index in [-0.39, 0.29) is 0 Å². The maximum Gasteiger partial charge on any atom is 0.379 e. The minimum Gasteiger partial charge on any atom is -0.326 e. The van der Waals surface area contributed by atoms with Gasteiger partial charge in [-0.1, -0.05) is 6.92 Å². The lowest BCUT2D eigenvalue weighted by molar-refractivity contribution is -0.897. The molecule has 0 saturated carbocycles. The molecule has 1 nitrogen and oxygen atoms in total. The Balaban J connectivity index is -0.000000230. The van der Waals surface area contributed by atoms with Crippen molar-refractivity contribution in [1.29, 1.82) is 0 Å².